The monoisotopic (exact) mass is 304 g/mol. The largest absolute Gasteiger partial charge is 0.428 e. The maximum atomic E-state index is 13.6. The van der Waals surface area contributed by atoms with Gasteiger partial charge in [-0.2, -0.15) is 22.0 Å². The summed E-state index contributed by atoms with van der Waals surface area (Å²) in [6.07, 6.45) is -8.20. The van der Waals surface area contributed by atoms with Crippen LogP contribution in [0.25, 0.3) is 0 Å². The van der Waals surface area contributed by atoms with Crippen molar-refractivity contribution in [3.63, 3.8) is 0 Å². The second-order valence-corrected chi connectivity index (χ2v) is 4.18. The van der Waals surface area contributed by atoms with Crippen LogP contribution in [0.3, 0.4) is 0 Å². The van der Waals surface area contributed by atoms with Crippen LogP contribution in [0.5, 0.6) is 0 Å². The molecule has 1 aliphatic carbocycles. The molecule has 0 bridgehead atoms. The quantitative estimate of drug-likeness (QED) is 0.655. The fraction of sp³-hybridized carbons (Fsp3) is 1.00. The van der Waals surface area contributed by atoms with Crippen molar-refractivity contribution in [2.24, 2.45) is 5.92 Å². The van der Waals surface area contributed by atoms with Gasteiger partial charge >= 0.3 is 12.1 Å². The maximum absolute atomic E-state index is 13.6. The SMILES string of the molecule is CCC1CC(F)(C(F)(F)F)C(F)(F)C1(F)CF.CF. The lowest BCUT2D eigenvalue weighted by molar-refractivity contribution is -0.311. The molecule has 0 aliphatic heterocycles. The lowest BCUT2D eigenvalue weighted by Gasteiger charge is -2.34. The van der Waals surface area contributed by atoms with E-state index in [0.717, 1.165) is 6.92 Å². The zero-order valence-corrected chi connectivity index (χ0v) is 10.1. The van der Waals surface area contributed by atoms with Crippen molar-refractivity contribution in [2.75, 3.05) is 13.9 Å². The Labute approximate surface area is 104 Å². The summed E-state index contributed by atoms with van der Waals surface area (Å²) >= 11 is 0. The van der Waals surface area contributed by atoms with Crippen molar-refractivity contribution in [1.82, 2.24) is 0 Å². The van der Waals surface area contributed by atoms with Gasteiger partial charge in [0.1, 0.15) is 6.67 Å². The normalized spacial score (nSPS) is 37.7. The Morgan fingerprint density at radius 2 is 1.47 bits per heavy atom. The molecule has 0 amide bonds. The predicted octanol–water partition coefficient (Wildman–Crippen LogP) is 4.59. The third kappa shape index (κ3) is 2.29. The average molecular weight is 304 g/mol. The molecule has 0 heterocycles. The van der Waals surface area contributed by atoms with Crippen molar-refractivity contribution in [3.05, 3.63) is 0 Å². The Balaban J connectivity index is 0.00000154. The standard InChI is InChI=1S/C9H10F8.CH3F/c1-2-5-3-7(12,9(15,16)17)8(13,14)6(5,11)4-10;1-2/h5H,2-4H2,1H3;1H3. The predicted molar refractivity (Wildman–Crippen MR) is 50.1 cm³/mol. The Hall–Kier alpha value is -0.630. The van der Waals surface area contributed by atoms with Crippen LogP contribution < -0.4 is 0 Å². The Morgan fingerprint density at radius 1 is 1.05 bits per heavy atom. The van der Waals surface area contributed by atoms with Gasteiger partial charge in [0.2, 0.25) is 5.67 Å². The van der Waals surface area contributed by atoms with Gasteiger partial charge < -0.3 is 0 Å². The van der Waals surface area contributed by atoms with E-state index in [4.69, 9.17) is 0 Å². The molecule has 0 N–H and O–H groups in total. The number of hydrogen-bond donors (Lipinski definition) is 0. The molecule has 3 atom stereocenters. The zero-order valence-electron chi connectivity index (χ0n) is 10.1. The van der Waals surface area contributed by atoms with Gasteiger partial charge in [-0.05, 0) is 6.42 Å². The van der Waals surface area contributed by atoms with E-state index in [9.17, 15) is 39.5 Å². The molecular weight excluding hydrogens is 291 g/mol. The topological polar surface area (TPSA) is 0 Å². The second kappa shape index (κ2) is 5.40. The van der Waals surface area contributed by atoms with Crippen LogP contribution in [0, 0.1) is 5.92 Å². The molecule has 0 aromatic rings. The smallest absolute Gasteiger partial charge is 0.255 e. The van der Waals surface area contributed by atoms with E-state index in [1.165, 1.54) is 0 Å². The third-order valence-electron chi connectivity index (χ3n) is 3.33. The minimum Gasteiger partial charge on any atom is -0.255 e. The molecule has 19 heavy (non-hydrogen) atoms. The van der Waals surface area contributed by atoms with Gasteiger partial charge in [0.15, 0.2) is 0 Å². The summed E-state index contributed by atoms with van der Waals surface area (Å²) in [7, 11) is 0.500. The first kappa shape index (κ1) is 18.4. The lowest BCUT2D eigenvalue weighted by Crippen LogP contribution is -2.59. The van der Waals surface area contributed by atoms with Gasteiger partial charge in [0.25, 0.3) is 5.67 Å². The zero-order chi connectivity index (χ0) is 15.7. The first-order valence-electron chi connectivity index (χ1n) is 5.24. The van der Waals surface area contributed by atoms with E-state index in [2.05, 4.69) is 0 Å². The Morgan fingerprint density at radius 3 is 1.68 bits per heavy atom. The molecule has 1 fully saturated rings. The maximum Gasteiger partial charge on any atom is 0.428 e. The summed E-state index contributed by atoms with van der Waals surface area (Å²) in [5.41, 5.74) is -9.12. The van der Waals surface area contributed by atoms with Crippen LogP contribution in [-0.4, -0.2) is 37.3 Å². The molecule has 0 aromatic carbocycles. The highest BCUT2D eigenvalue weighted by Crippen LogP contribution is 2.63. The second-order valence-electron chi connectivity index (χ2n) is 4.18. The molecule has 0 aromatic heterocycles. The molecule has 116 valence electrons. The fourth-order valence-electron chi connectivity index (χ4n) is 2.17. The molecule has 1 aliphatic rings. The van der Waals surface area contributed by atoms with E-state index < -0.39 is 48.9 Å². The number of hydrogen-bond acceptors (Lipinski definition) is 0. The highest BCUT2D eigenvalue weighted by molar-refractivity contribution is 5.19. The van der Waals surface area contributed by atoms with Crippen molar-refractivity contribution in [2.45, 2.75) is 43.2 Å². The number of rotatable bonds is 2. The number of alkyl halides is 9. The molecule has 9 heteroatoms. The molecule has 0 saturated heterocycles. The summed E-state index contributed by atoms with van der Waals surface area (Å²) in [5.74, 6) is -7.43. The summed E-state index contributed by atoms with van der Waals surface area (Å²) in [4.78, 5) is 0. The molecule has 0 spiro atoms. The minimum absolute atomic E-state index is 0.500. The summed E-state index contributed by atoms with van der Waals surface area (Å²) < 4.78 is 112. The third-order valence-corrected chi connectivity index (χ3v) is 3.33. The molecule has 1 saturated carbocycles. The fourth-order valence-corrected chi connectivity index (χ4v) is 2.17. The highest BCUT2D eigenvalue weighted by Gasteiger charge is 2.85. The van der Waals surface area contributed by atoms with Gasteiger partial charge in [-0.1, -0.05) is 6.92 Å². The van der Waals surface area contributed by atoms with E-state index in [1.807, 2.05) is 0 Å². The minimum atomic E-state index is -5.94. The van der Waals surface area contributed by atoms with E-state index in [1.54, 1.807) is 0 Å². The highest BCUT2D eigenvalue weighted by atomic mass is 19.4. The summed E-state index contributed by atoms with van der Waals surface area (Å²) in [6, 6.07) is 0. The van der Waals surface area contributed by atoms with Gasteiger partial charge in [0.05, 0.1) is 7.18 Å². The van der Waals surface area contributed by atoms with Gasteiger partial charge in [0, 0.05) is 12.3 Å². The lowest BCUT2D eigenvalue weighted by atomic mass is 9.89. The molecule has 3 unspecified atom stereocenters. The van der Waals surface area contributed by atoms with Crippen LogP contribution in [0.2, 0.25) is 0 Å². The molecule has 0 radical (unpaired) electrons. The van der Waals surface area contributed by atoms with E-state index >= 15 is 0 Å². The molecule has 0 nitrogen and oxygen atoms in total. The Kier molecular flexibility index (Phi) is 5.22. The van der Waals surface area contributed by atoms with Gasteiger partial charge in [-0.15, -0.1) is 0 Å². The van der Waals surface area contributed by atoms with Gasteiger partial charge in [-0.25, -0.2) is 13.2 Å². The summed E-state index contributed by atoms with van der Waals surface area (Å²) in [5, 5.41) is 0. The van der Waals surface area contributed by atoms with Crippen molar-refractivity contribution >= 4 is 0 Å². The Bertz CT molecular complexity index is 300. The molecule has 1 rings (SSSR count). The van der Waals surface area contributed by atoms with Crippen LogP contribution in [-0.2, 0) is 0 Å². The first-order valence-corrected chi connectivity index (χ1v) is 5.24. The van der Waals surface area contributed by atoms with E-state index in [0.29, 0.717) is 7.18 Å². The van der Waals surface area contributed by atoms with Crippen LogP contribution in [0.15, 0.2) is 0 Å². The van der Waals surface area contributed by atoms with Gasteiger partial charge in [-0.3, -0.25) is 4.39 Å². The first-order chi connectivity index (χ1) is 8.48. The van der Waals surface area contributed by atoms with Crippen molar-refractivity contribution in [1.29, 1.82) is 0 Å². The van der Waals surface area contributed by atoms with Crippen LogP contribution in [0.4, 0.5) is 39.5 Å². The summed E-state index contributed by atoms with van der Waals surface area (Å²) in [6.45, 7) is -1.24. The van der Waals surface area contributed by atoms with Crippen LogP contribution in [0.1, 0.15) is 19.8 Å². The van der Waals surface area contributed by atoms with Crippen LogP contribution >= 0.6 is 0 Å². The average Bonchev–Trinajstić information content (AvgIpc) is 2.50. The molecular formula is C10H13F9. The van der Waals surface area contributed by atoms with Crippen molar-refractivity contribution in [3.8, 4) is 0 Å². The number of halogens is 9. The van der Waals surface area contributed by atoms with Crippen molar-refractivity contribution < 1.29 is 39.5 Å². The van der Waals surface area contributed by atoms with E-state index in [-0.39, 0.29) is 0 Å².